The molecule has 0 aliphatic carbocycles. The number of fused-ring (bicyclic) bond motifs is 1. The molecule has 5 nitrogen and oxygen atoms in total. The fourth-order valence-electron chi connectivity index (χ4n) is 3.25. The fourth-order valence-corrected chi connectivity index (χ4v) is 4.15. The molecule has 1 aliphatic heterocycles. The van der Waals surface area contributed by atoms with Crippen LogP contribution >= 0.6 is 11.8 Å². The Hall–Kier alpha value is -1.79. The summed E-state index contributed by atoms with van der Waals surface area (Å²) >= 11 is 1.79. The van der Waals surface area contributed by atoms with Gasteiger partial charge in [-0.1, -0.05) is 43.8 Å². The highest BCUT2D eigenvalue weighted by atomic mass is 32.2. The van der Waals surface area contributed by atoms with Crippen molar-refractivity contribution < 1.29 is 4.74 Å². The molecule has 3 heterocycles. The standard InChI is InChI=1S/C19H24N4OS/c1-13(2)12-25-19-22-21-18(23(19)11-14-6-5-9-24-14)16-10-20-17-8-4-3-7-15(16)17/h3-4,7-8,10,13-14,20H,5-6,9,11-12H2,1-2H3. The van der Waals surface area contributed by atoms with Crippen molar-refractivity contribution in [3.63, 3.8) is 0 Å². The van der Waals surface area contributed by atoms with Crippen LogP contribution in [-0.4, -0.2) is 38.2 Å². The summed E-state index contributed by atoms with van der Waals surface area (Å²) in [4.78, 5) is 3.35. The van der Waals surface area contributed by atoms with Crippen LogP contribution in [0.4, 0.5) is 0 Å². The van der Waals surface area contributed by atoms with Crippen LogP contribution in [0.5, 0.6) is 0 Å². The van der Waals surface area contributed by atoms with Crippen LogP contribution in [0.3, 0.4) is 0 Å². The number of rotatable bonds is 6. The van der Waals surface area contributed by atoms with E-state index in [4.69, 9.17) is 4.74 Å². The third-order valence-electron chi connectivity index (χ3n) is 4.50. The van der Waals surface area contributed by atoms with E-state index in [0.717, 1.165) is 53.8 Å². The summed E-state index contributed by atoms with van der Waals surface area (Å²) < 4.78 is 8.12. The molecule has 1 unspecified atom stereocenters. The molecule has 1 aromatic carbocycles. The van der Waals surface area contributed by atoms with E-state index in [2.05, 4.69) is 51.8 Å². The number of nitrogens with zero attached hydrogens (tertiary/aromatic N) is 3. The third-order valence-corrected chi connectivity index (χ3v) is 5.90. The number of benzene rings is 1. The van der Waals surface area contributed by atoms with Crippen LogP contribution in [0, 0.1) is 5.92 Å². The van der Waals surface area contributed by atoms with E-state index in [1.54, 1.807) is 11.8 Å². The fraction of sp³-hybridized carbons (Fsp3) is 0.474. The van der Waals surface area contributed by atoms with E-state index in [1.807, 2.05) is 12.3 Å². The van der Waals surface area contributed by atoms with Gasteiger partial charge in [0.05, 0.1) is 12.6 Å². The first kappa shape index (κ1) is 16.7. The molecule has 6 heteroatoms. The molecule has 1 aliphatic rings. The molecule has 3 aromatic rings. The summed E-state index contributed by atoms with van der Waals surface area (Å²) in [6.07, 6.45) is 4.56. The number of nitrogens with one attached hydrogen (secondary N) is 1. The summed E-state index contributed by atoms with van der Waals surface area (Å²) in [7, 11) is 0. The lowest BCUT2D eigenvalue weighted by molar-refractivity contribution is 0.0953. The lowest BCUT2D eigenvalue weighted by Crippen LogP contribution is -2.16. The Balaban J connectivity index is 1.72. The monoisotopic (exact) mass is 356 g/mol. The smallest absolute Gasteiger partial charge is 0.191 e. The van der Waals surface area contributed by atoms with Gasteiger partial charge in [-0.15, -0.1) is 10.2 Å². The van der Waals surface area contributed by atoms with Gasteiger partial charge >= 0.3 is 0 Å². The number of aromatic nitrogens is 4. The molecule has 1 atom stereocenters. The first-order valence-electron chi connectivity index (χ1n) is 8.96. The summed E-state index contributed by atoms with van der Waals surface area (Å²) in [5.74, 6) is 2.59. The average molecular weight is 356 g/mol. The molecule has 1 N–H and O–H groups in total. The molecule has 1 fully saturated rings. The summed E-state index contributed by atoms with van der Waals surface area (Å²) in [6, 6.07) is 8.33. The Morgan fingerprint density at radius 1 is 1.32 bits per heavy atom. The molecule has 2 aromatic heterocycles. The average Bonchev–Trinajstić information content (AvgIpc) is 3.33. The zero-order valence-electron chi connectivity index (χ0n) is 14.7. The topological polar surface area (TPSA) is 55.7 Å². The predicted octanol–water partition coefficient (Wildman–Crippen LogP) is 4.35. The molecule has 4 rings (SSSR count). The Labute approximate surface area is 152 Å². The maximum absolute atomic E-state index is 5.87. The number of hydrogen-bond acceptors (Lipinski definition) is 4. The van der Waals surface area contributed by atoms with E-state index >= 15 is 0 Å². The van der Waals surface area contributed by atoms with Crippen LogP contribution in [0.25, 0.3) is 22.3 Å². The van der Waals surface area contributed by atoms with Crippen molar-refractivity contribution >= 4 is 22.7 Å². The summed E-state index contributed by atoms with van der Waals surface area (Å²) in [5.41, 5.74) is 2.23. The molecular weight excluding hydrogens is 332 g/mol. The second-order valence-electron chi connectivity index (χ2n) is 7.00. The lowest BCUT2D eigenvalue weighted by Gasteiger charge is -2.15. The normalized spacial score (nSPS) is 17.8. The summed E-state index contributed by atoms with van der Waals surface area (Å²) in [6.45, 7) is 6.15. The van der Waals surface area contributed by atoms with Gasteiger partial charge in [0.1, 0.15) is 0 Å². The van der Waals surface area contributed by atoms with Crippen LogP contribution in [0.2, 0.25) is 0 Å². The quantitative estimate of drug-likeness (QED) is 0.667. The Morgan fingerprint density at radius 3 is 3.00 bits per heavy atom. The molecular formula is C19H24N4OS. The minimum Gasteiger partial charge on any atom is -0.376 e. The van der Waals surface area contributed by atoms with E-state index in [-0.39, 0.29) is 6.10 Å². The second-order valence-corrected chi connectivity index (χ2v) is 7.99. The second kappa shape index (κ2) is 7.22. The molecule has 0 saturated carbocycles. The van der Waals surface area contributed by atoms with Gasteiger partial charge in [-0.3, -0.25) is 4.57 Å². The molecule has 0 spiro atoms. The number of H-pyrrole nitrogens is 1. The summed E-state index contributed by atoms with van der Waals surface area (Å²) in [5, 5.41) is 11.2. The van der Waals surface area contributed by atoms with Crippen LogP contribution in [0.15, 0.2) is 35.6 Å². The van der Waals surface area contributed by atoms with Crippen molar-refractivity contribution in [2.24, 2.45) is 5.92 Å². The van der Waals surface area contributed by atoms with Gasteiger partial charge in [-0.05, 0) is 24.8 Å². The van der Waals surface area contributed by atoms with Crippen LogP contribution < -0.4 is 0 Å². The Morgan fingerprint density at radius 2 is 2.20 bits per heavy atom. The van der Waals surface area contributed by atoms with Crippen molar-refractivity contribution in [1.82, 2.24) is 19.7 Å². The van der Waals surface area contributed by atoms with Crippen molar-refractivity contribution in [2.75, 3.05) is 12.4 Å². The molecule has 1 saturated heterocycles. The van der Waals surface area contributed by atoms with E-state index in [0.29, 0.717) is 5.92 Å². The van der Waals surface area contributed by atoms with Crippen molar-refractivity contribution in [2.45, 2.75) is 44.5 Å². The third kappa shape index (κ3) is 3.46. The number of ether oxygens (including phenoxy) is 1. The lowest BCUT2D eigenvalue weighted by atomic mass is 10.1. The van der Waals surface area contributed by atoms with Crippen molar-refractivity contribution in [1.29, 1.82) is 0 Å². The first-order chi connectivity index (χ1) is 12.2. The first-order valence-corrected chi connectivity index (χ1v) is 9.95. The highest BCUT2D eigenvalue weighted by Gasteiger charge is 2.23. The number of aromatic amines is 1. The molecule has 0 bridgehead atoms. The molecule has 0 radical (unpaired) electrons. The maximum atomic E-state index is 5.87. The van der Waals surface area contributed by atoms with Gasteiger partial charge in [-0.25, -0.2) is 0 Å². The van der Waals surface area contributed by atoms with E-state index in [1.165, 1.54) is 5.39 Å². The van der Waals surface area contributed by atoms with Crippen molar-refractivity contribution in [3.05, 3.63) is 30.5 Å². The number of hydrogen-bond donors (Lipinski definition) is 1. The van der Waals surface area contributed by atoms with E-state index in [9.17, 15) is 0 Å². The highest BCUT2D eigenvalue weighted by Crippen LogP contribution is 2.31. The molecule has 0 amide bonds. The Bertz CT molecular complexity index is 848. The largest absolute Gasteiger partial charge is 0.376 e. The minimum atomic E-state index is 0.262. The van der Waals surface area contributed by atoms with E-state index < -0.39 is 0 Å². The Kier molecular flexibility index (Phi) is 4.81. The van der Waals surface area contributed by atoms with Gasteiger partial charge in [0.15, 0.2) is 11.0 Å². The van der Waals surface area contributed by atoms with Crippen LogP contribution in [-0.2, 0) is 11.3 Å². The maximum Gasteiger partial charge on any atom is 0.191 e. The van der Waals surface area contributed by atoms with Gasteiger partial charge in [0, 0.05) is 35.0 Å². The van der Waals surface area contributed by atoms with Crippen molar-refractivity contribution in [3.8, 4) is 11.4 Å². The highest BCUT2D eigenvalue weighted by molar-refractivity contribution is 7.99. The van der Waals surface area contributed by atoms with Gasteiger partial charge < -0.3 is 9.72 Å². The SMILES string of the molecule is CC(C)CSc1nnc(-c2c[nH]c3ccccc23)n1CC1CCCO1. The zero-order chi connectivity index (χ0) is 17.2. The number of para-hydroxylation sites is 1. The molecule has 132 valence electrons. The predicted molar refractivity (Wildman–Crippen MR) is 102 cm³/mol. The minimum absolute atomic E-state index is 0.262. The number of thioether (sulfide) groups is 1. The van der Waals surface area contributed by atoms with Gasteiger partial charge in [0.25, 0.3) is 0 Å². The zero-order valence-corrected chi connectivity index (χ0v) is 15.6. The van der Waals surface area contributed by atoms with Gasteiger partial charge in [0.2, 0.25) is 0 Å². The van der Waals surface area contributed by atoms with Gasteiger partial charge in [-0.2, -0.15) is 0 Å². The van der Waals surface area contributed by atoms with Crippen LogP contribution in [0.1, 0.15) is 26.7 Å². The molecule has 25 heavy (non-hydrogen) atoms.